The first kappa shape index (κ1) is 13.5. The molecule has 0 atom stereocenters. The van der Waals surface area contributed by atoms with E-state index >= 15 is 0 Å². The van der Waals surface area contributed by atoms with E-state index in [9.17, 15) is 0 Å². The third-order valence-electron chi connectivity index (χ3n) is 2.94. The number of hydrogen-bond acceptors (Lipinski definition) is 4. The molecule has 0 fully saturated rings. The number of aromatic nitrogens is 4. The van der Waals surface area contributed by atoms with Crippen LogP contribution in [0.2, 0.25) is 0 Å². The average molecular weight is 259 g/mol. The summed E-state index contributed by atoms with van der Waals surface area (Å²) in [6.07, 6.45) is 6.65. The first-order chi connectivity index (χ1) is 9.26. The lowest BCUT2D eigenvalue weighted by molar-refractivity contribution is 0.768. The van der Waals surface area contributed by atoms with E-state index in [1.807, 2.05) is 19.3 Å². The first-order valence-corrected chi connectivity index (χ1v) is 6.84. The van der Waals surface area contributed by atoms with Crippen LogP contribution in [-0.2, 0) is 13.5 Å². The fourth-order valence-corrected chi connectivity index (χ4v) is 2.06. The molecule has 0 aliphatic carbocycles. The van der Waals surface area contributed by atoms with E-state index in [4.69, 9.17) is 0 Å². The number of hydrogen-bond donors (Lipinski definition) is 1. The SMILES string of the molecule is CCCNc1ncnc(-c2ccn(C)n2)c1CCC. The quantitative estimate of drug-likeness (QED) is 0.866. The maximum absolute atomic E-state index is 4.44. The van der Waals surface area contributed by atoms with E-state index in [1.54, 1.807) is 11.0 Å². The predicted molar refractivity (Wildman–Crippen MR) is 77.0 cm³/mol. The third-order valence-corrected chi connectivity index (χ3v) is 2.94. The van der Waals surface area contributed by atoms with E-state index in [1.165, 1.54) is 0 Å². The smallest absolute Gasteiger partial charge is 0.133 e. The van der Waals surface area contributed by atoms with Crippen LogP contribution in [0, 0.1) is 0 Å². The second kappa shape index (κ2) is 6.31. The Bertz CT molecular complexity index is 532. The van der Waals surface area contributed by atoms with Gasteiger partial charge in [0.05, 0.1) is 5.69 Å². The number of anilines is 1. The largest absolute Gasteiger partial charge is 0.370 e. The van der Waals surface area contributed by atoms with E-state index < -0.39 is 0 Å². The molecule has 0 aliphatic heterocycles. The summed E-state index contributed by atoms with van der Waals surface area (Å²) in [7, 11) is 1.92. The molecule has 2 aromatic rings. The fourth-order valence-electron chi connectivity index (χ4n) is 2.06. The molecule has 0 unspecified atom stereocenters. The van der Waals surface area contributed by atoms with Gasteiger partial charge in [0.25, 0.3) is 0 Å². The summed E-state index contributed by atoms with van der Waals surface area (Å²) in [5.74, 6) is 0.944. The molecule has 1 N–H and O–H groups in total. The molecule has 2 rings (SSSR count). The van der Waals surface area contributed by atoms with Gasteiger partial charge in [0, 0.05) is 25.4 Å². The molecule has 0 radical (unpaired) electrons. The zero-order valence-corrected chi connectivity index (χ0v) is 11.8. The molecule has 19 heavy (non-hydrogen) atoms. The van der Waals surface area contributed by atoms with Crippen LogP contribution in [0.4, 0.5) is 5.82 Å². The fraction of sp³-hybridized carbons (Fsp3) is 0.500. The maximum atomic E-state index is 4.44. The number of nitrogens with one attached hydrogen (secondary N) is 1. The van der Waals surface area contributed by atoms with Crippen LogP contribution in [0.25, 0.3) is 11.4 Å². The highest BCUT2D eigenvalue weighted by atomic mass is 15.3. The second-order valence-electron chi connectivity index (χ2n) is 4.60. The van der Waals surface area contributed by atoms with E-state index in [-0.39, 0.29) is 0 Å². The number of nitrogens with zero attached hydrogens (tertiary/aromatic N) is 4. The summed E-state index contributed by atoms with van der Waals surface area (Å²) in [4.78, 5) is 8.79. The molecule has 0 aliphatic rings. The van der Waals surface area contributed by atoms with Gasteiger partial charge < -0.3 is 5.32 Å². The van der Waals surface area contributed by atoms with Gasteiger partial charge in [-0.1, -0.05) is 20.3 Å². The molecule has 5 heteroatoms. The summed E-state index contributed by atoms with van der Waals surface area (Å²) < 4.78 is 1.80. The minimum absolute atomic E-state index is 0.910. The summed E-state index contributed by atoms with van der Waals surface area (Å²) in [6.45, 7) is 5.24. The van der Waals surface area contributed by atoms with Crippen LogP contribution in [-0.4, -0.2) is 26.3 Å². The minimum atomic E-state index is 0.910. The zero-order chi connectivity index (χ0) is 13.7. The van der Waals surface area contributed by atoms with Crippen molar-refractivity contribution in [3.8, 4) is 11.4 Å². The molecule has 2 aromatic heterocycles. The van der Waals surface area contributed by atoms with Gasteiger partial charge in [-0.05, 0) is 18.9 Å². The highest BCUT2D eigenvalue weighted by molar-refractivity contribution is 5.65. The Balaban J connectivity index is 2.41. The topological polar surface area (TPSA) is 55.6 Å². The minimum Gasteiger partial charge on any atom is -0.370 e. The van der Waals surface area contributed by atoms with Crippen molar-refractivity contribution in [1.29, 1.82) is 0 Å². The van der Waals surface area contributed by atoms with Gasteiger partial charge in [-0.3, -0.25) is 4.68 Å². The van der Waals surface area contributed by atoms with Crippen molar-refractivity contribution in [3.63, 3.8) is 0 Å². The summed E-state index contributed by atoms with van der Waals surface area (Å²) in [5, 5.41) is 7.82. The lowest BCUT2D eigenvalue weighted by atomic mass is 10.1. The van der Waals surface area contributed by atoms with Crippen molar-refractivity contribution >= 4 is 5.82 Å². The van der Waals surface area contributed by atoms with E-state index in [0.717, 1.165) is 48.6 Å². The molecule has 2 heterocycles. The molecule has 0 saturated carbocycles. The molecule has 0 amide bonds. The van der Waals surface area contributed by atoms with Gasteiger partial charge in [0.1, 0.15) is 17.8 Å². The Morgan fingerprint density at radius 2 is 2.05 bits per heavy atom. The van der Waals surface area contributed by atoms with Crippen LogP contribution in [0.5, 0.6) is 0 Å². The second-order valence-corrected chi connectivity index (χ2v) is 4.60. The highest BCUT2D eigenvalue weighted by Crippen LogP contribution is 2.25. The lowest BCUT2D eigenvalue weighted by Gasteiger charge is -2.12. The van der Waals surface area contributed by atoms with Crippen LogP contribution < -0.4 is 5.32 Å². The van der Waals surface area contributed by atoms with Crippen molar-refractivity contribution in [3.05, 3.63) is 24.2 Å². The molecule has 0 bridgehead atoms. The number of aryl methyl sites for hydroxylation is 1. The summed E-state index contributed by atoms with van der Waals surface area (Å²) in [6, 6.07) is 1.99. The van der Waals surface area contributed by atoms with Gasteiger partial charge in [-0.2, -0.15) is 5.10 Å². The normalized spacial score (nSPS) is 10.7. The summed E-state index contributed by atoms with van der Waals surface area (Å²) >= 11 is 0. The molecular weight excluding hydrogens is 238 g/mol. The van der Waals surface area contributed by atoms with Gasteiger partial charge in [0.2, 0.25) is 0 Å². The molecular formula is C14H21N5. The van der Waals surface area contributed by atoms with Crippen LogP contribution >= 0.6 is 0 Å². The Kier molecular flexibility index (Phi) is 4.49. The van der Waals surface area contributed by atoms with E-state index in [0.29, 0.717) is 0 Å². The van der Waals surface area contributed by atoms with Crippen LogP contribution in [0.1, 0.15) is 32.3 Å². The Hall–Kier alpha value is -1.91. The van der Waals surface area contributed by atoms with Crippen LogP contribution in [0.3, 0.4) is 0 Å². The standard InChI is InChI=1S/C14H21N5/c1-4-6-11-13(12-7-9-19(3)18-12)16-10-17-14(11)15-8-5-2/h7,9-10H,4-6,8H2,1-3H3,(H,15,16,17). The van der Waals surface area contributed by atoms with Crippen molar-refractivity contribution < 1.29 is 0 Å². The van der Waals surface area contributed by atoms with Gasteiger partial charge in [0.15, 0.2) is 0 Å². The van der Waals surface area contributed by atoms with E-state index in [2.05, 4.69) is 34.2 Å². The van der Waals surface area contributed by atoms with Gasteiger partial charge in [-0.15, -0.1) is 0 Å². The van der Waals surface area contributed by atoms with Crippen molar-refractivity contribution in [2.24, 2.45) is 7.05 Å². The Morgan fingerprint density at radius 3 is 2.68 bits per heavy atom. The third kappa shape index (κ3) is 3.10. The molecule has 102 valence electrons. The van der Waals surface area contributed by atoms with Gasteiger partial charge >= 0.3 is 0 Å². The van der Waals surface area contributed by atoms with Crippen molar-refractivity contribution in [1.82, 2.24) is 19.7 Å². The Labute approximate surface area is 114 Å². The molecule has 5 nitrogen and oxygen atoms in total. The van der Waals surface area contributed by atoms with Crippen molar-refractivity contribution in [2.45, 2.75) is 33.1 Å². The monoisotopic (exact) mass is 259 g/mol. The average Bonchev–Trinajstić information content (AvgIpc) is 2.84. The van der Waals surface area contributed by atoms with Crippen molar-refractivity contribution in [2.75, 3.05) is 11.9 Å². The highest BCUT2D eigenvalue weighted by Gasteiger charge is 2.13. The maximum Gasteiger partial charge on any atom is 0.133 e. The first-order valence-electron chi connectivity index (χ1n) is 6.84. The predicted octanol–water partition coefficient (Wildman–Crippen LogP) is 2.65. The van der Waals surface area contributed by atoms with Gasteiger partial charge in [-0.25, -0.2) is 9.97 Å². The number of rotatable bonds is 6. The molecule has 0 aromatic carbocycles. The summed E-state index contributed by atoms with van der Waals surface area (Å²) in [5.41, 5.74) is 3.01. The lowest BCUT2D eigenvalue weighted by Crippen LogP contribution is -2.08. The zero-order valence-electron chi connectivity index (χ0n) is 11.8. The Morgan fingerprint density at radius 1 is 1.21 bits per heavy atom. The molecule has 0 saturated heterocycles. The molecule has 0 spiro atoms. The van der Waals surface area contributed by atoms with Crippen LogP contribution in [0.15, 0.2) is 18.6 Å².